The lowest BCUT2D eigenvalue weighted by molar-refractivity contribution is -0.143. The van der Waals surface area contributed by atoms with E-state index in [1.807, 2.05) is 0 Å². The summed E-state index contributed by atoms with van der Waals surface area (Å²) in [7, 11) is -3.81. The molecule has 1 saturated carbocycles. The van der Waals surface area contributed by atoms with Gasteiger partial charge in [-0.1, -0.05) is 46.3 Å². The van der Waals surface area contributed by atoms with E-state index in [0.29, 0.717) is 5.56 Å². The highest BCUT2D eigenvalue weighted by molar-refractivity contribution is 9.10. The van der Waals surface area contributed by atoms with Gasteiger partial charge >= 0.3 is 5.97 Å². The van der Waals surface area contributed by atoms with Crippen LogP contribution in [0.1, 0.15) is 11.5 Å². The third-order valence-corrected chi connectivity index (χ3v) is 7.45. The summed E-state index contributed by atoms with van der Waals surface area (Å²) in [6, 6.07) is 14.9. The van der Waals surface area contributed by atoms with Crippen molar-refractivity contribution in [2.24, 2.45) is 11.1 Å². The Morgan fingerprint density at radius 2 is 1.71 bits per heavy atom. The Morgan fingerprint density at radius 3 is 2.21 bits per heavy atom. The lowest BCUT2D eigenvalue weighted by atomic mass is 9.99. The van der Waals surface area contributed by atoms with E-state index < -0.39 is 32.4 Å². The molecule has 3 N–H and O–H groups in total. The Bertz CT molecular complexity index is 867. The van der Waals surface area contributed by atoms with Gasteiger partial charge in [0, 0.05) is 16.9 Å². The number of benzene rings is 2. The zero-order valence-corrected chi connectivity index (χ0v) is 15.0. The van der Waals surface area contributed by atoms with Gasteiger partial charge in [-0.2, -0.15) is 0 Å². The first-order valence-electron chi connectivity index (χ1n) is 7.33. The molecule has 126 valence electrons. The molecule has 1 aliphatic rings. The minimum Gasteiger partial charge on any atom is -0.481 e. The first-order valence-corrected chi connectivity index (χ1v) is 9.67. The predicted octanol–water partition coefficient (Wildman–Crippen LogP) is 2.42. The number of rotatable bonds is 5. The second-order valence-corrected chi connectivity index (χ2v) is 8.84. The molecule has 0 amide bonds. The normalized spacial score (nSPS) is 26.1. The lowest BCUT2D eigenvalue weighted by Crippen LogP contribution is -2.31. The van der Waals surface area contributed by atoms with Gasteiger partial charge in [0.15, 0.2) is 9.84 Å². The first-order chi connectivity index (χ1) is 11.4. The van der Waals surface area contributed by atoms with E-state index in [9.17, 15) is 18.3 Å². The number of hydrogen-bond donors (Lipinski definition) is 2. The largest absolute Gasteiger partial charge is 0.481 e. The number of carboxylic acid groups (broad SMARTS) is 1. The Labute approximate surface area is 148 Å². The molecule has 0 heterocycles. The molecular weight excluding hydrogens is 394 g/mol. The number of halogens is 1. The fourth-order valence-corrected chi connectivity index (χ4v) is 6.02. The van der Waals surface area contributed by atoms with Crippen molar-refractivity contribution in [3.8, 4) is 0 Å². The molecule has 7 heteroatoms. The van der Waals surface area contributed by atoms with E-state index in [0.717, 1.165) is 4.47 Å². The van der Waals surface area contributed by atoms with E-state index in [2.05, 4.69) is 15.9 Å². The van der Waals surface area contributed by atoms with Crippen molar-refractivity contribution in [2.75, 3.05) is 6.54 Å². The van der Waals surface area contributed by atoms with Gasteiger partial charge in [0.1, 0.15) is 5.41 Å². The molecule has 0 spiro atoms. The van der Waals surface area contributed by atoms with E-state index in [1.54, 1.807) is 42.5 Å². The van der Waals surface area contributed by atoms with E-state index in [-0.39, 0.29) is 11.4 Å². The van der Waals surface area contributed by atoms with Crippen molar-refractivity contribution in [3.63, 3.8) is 0 Å². The van der Waals surface area contributed by atoms with Gasteiger partial charge < -0.3 is 10.8 Å². The van der Waals surface area contributed by atoms with Crippen molar-refractivity contribution < 1.29 is 18.3 Å². The molecule has 5 nitrogen and oxygen atoms in total. The third-order valence-electron chi connectivity index (χ3n) is 4.63. The topological polar surface area (TPSA) is 97.5 Å². The van der Waals surface area contributed by atoms with Crippen molar-refractivity contribution in [1.82, 2.24) is 0 Å². The number of sulfone groups is 1. The summed E-state index contributed by atoms with van der Waals surface area (Å²) in [5, 5.41) is 8.64. The van der Waals surface area contributed by atoms with Gasteiger partial charge in [0.05, 0.1) is 10.1 Å². The van der Waals surface area contributed by atoms with Crippen molar-refractivity contribution in [2.45, 2.75) is 16.1 Å². The molecular formula is C17H16BrNO4S. The minimum absolute atomic E-state index is 0.119. The summed E-state index contributed by atoms with van der Waals surface area (Å²) in [5.41, 5.74) is 4.90. The highest BCUT2D eigenvalue weighted by Crippen LogP contribution is 2.63. The van der Waals surface area contributed by atoms with E-state index in [1.165, 1.54) is 12.1 Å². The zero-order valence-electron chi connectivity index (χ0n) is 12.6. The number of nitrogens with two attached hydrogens (primary N) is 1. The SMILES string of the molecule is NC[C@@]1(C(=O)O)[C@@H](c2ccc(Br)cc2)[C@@H]1S(=O)(=O)c1ccccc1. The number of carbonyl (C=O) groups is 1. The van der Waals surface area contributed by atoms with Crippen molar-refractivity contribution >= 4 is 31.7 Å². The number of carboxylic acids is 1. The van der Waals surface area contributed by atoms with Crippen LogP contribution in [0.3, 0.4) is 0 Å². The maximum Gasteiger partial charge on any atom is 0.312 e. The van der Waals surface area contributed by atoms with Crippen LogP contribution in [0, 0.1) is 5.41 Å². The molecule has 0 unspecified atom stereocenters. The summed E-state index contributed by atoms with van der Waals surface area (Å²) in [6.45, 7) is -0.236. The Morgan fingerprint density at radius 1 is 1.12 bits per heavy atom. The summed E-state index contributed by atoms with van der Waals surface area (Å²) >= 11 is 3.32. The van der Waals surface area contributed by atoms with Crippen molar-refractivity contribution in [3.05, 3.63) is 64.6 Å². The van der Waals surface area contributed by atoms with Crippen LogP contribution in [-0.4, -0.2) is 31.3 Å². The van der Waals surface area contributed by atoms with E-state index >= 15 is 0 Å². The summed E-state index contributed by atoms with van der Waals surface area (Å²) in [4.78, 5) is 12.0. The van der Waals surface area contributed by atoms with Crippen LogP contribution in [-0.2, 0) is 14.6 Å². The molecule has 3 rings (SSSR count). The summed E-state index contributed by atoms with van der Waals surface area (Å²) < 4.78 is 26.8. The number of aliphatic carboxylic acids is 1. The highest BCUT2D eigenvalue weighted by Gasteiger charge is 2.75. The van der Waals surface area contributed by atoms with Crippen molar-refractivity contribution in [1.29, 1.82) is 0 Å². The average Bonchev–Trinajstić information content (AvgIpc) is 3.28. The molecule has 1 fully saturated rings. The molecule has 2 aromatic carbocycles. The van der Waals surface area contributed by atoms with Crippen LogP contribution < -0.4 is 5.73 Å². The van der Waals surface area contributed by atoms with Crippen LogP contribution in [0.25, 0.3) is 0 Å². The van der Waals surface area contributed by atoms with E-state index in [4.69, 9.17) is 5.73 Å². The van der Waals surface area contributed by atoms with Gasteiger partial charge in [-0.15, -0.1) is 0 Å². The minimum atomic E-state index is -3.81. The molecule has 24 heavy (non-hydrogen) atoms. The summed E-state index contributed by atoms with van der Waals surface area (Å²) in [6.07, 6.45) is 0. The van der Waals surface area contributed by atoms with Crippen LogP contribution in [0.2, 0.25) is 0 Å². The van der Waals surface area contributed by atoms with Crippen LogP contribution in [0.15, 0.2) is 64.0 Å². The molecule has 2 aromatic rings. The Balaban J connectivity index is 2.11. The molecule has 0 aromatic heterocycles. The molecule has 0 bridgehead atoms. The van der Waals surface area contributed by atoms with Crippen LogP contribution >= 0.6 is 15.9 Å². The zero-order chi connectivity index (χ0) is 17.5. The van der Waals surface area contributed by atoms with Gasteiger partial charge in [0.2, 0.25) is 0 Å². The van der Waals surface area contributed by atoms with Gasteiger partial charge in [0.25, 0.3) is 0 Å². The van der Waals surface area contributed by atoms with Gasteiger partial charge in [-0.3, -0.25) is 4.79 Å². The highest BCUT2D eigenvalue weighted by atomic mass is 79.9. The standard InChI is InChI=1S/C17H16BrNO4S/c18-12-8-6-11(7-9-12)14-15(17(14,10-19)16(20)21)24(22,23)13-4-2-1-3-5-13/h1-9,14-15H,10,19H2,(H,20,21)/t14-,15-,17+/m0/s1. The van der Waals surface area contributed by atoms with Crippen LogP contribution in [0.5, 0.6) is 0 Å². The lowest BCUT2D eigenvalue weighted by Gasteiger charge is -2.10. The predicted molar refractivity (Wildman–Crippen MR) is 93.4 cm³/mol. The molecule has 0 saturated heterocycles. The van der Waals surface area contributed by atoms with Crippen LogP contribution in [0.4, 0.5) is 0 Å². The monoisotopic (exact) mass is 409 g/mol. The maximum atomic E-state index is 13.0. The fraction of sp³-hybridized carbons (Fsp3) is 0.235. The smallest absolute Gasteiger partial charge is 0.312 e. The Hall–Kier alpha value is -1.70. The second-order valence-electron chi connectivity index (χ2n) is 5.86. The Kier molecular flexibility index (Phi) is 4.27. The summed E-state index contributed by atoms with van der Waals surface area (Å²) in [5.74, 6) is -1.85. The fourth-order valence-electron chi connectivity index (χ4n) is 3.35. The average molecular weight is 410 g/mol. The molecule has 1 aliphatic carbocycles. The van der Waals surface area contributed by atoms with Gasteiger partial charge in [-0.25, -0.2) is 8.42 Å². The maximum absolute atomic E-state index is 13.0. The van der Waals surface area contributed by atoms with Gasteiger partial charge in [-0.05, 0) is 29.8 Å². The molecule has 3 atom stereocenters. The molecule has 0 aliphatic heterocycles. The molecule has 0 radical (unpaired) electrons. The quantitative estimate of drug-likeness (QED) is 0.789. The second kappa shape index (κ2) is 5.98. The first kappa shape index (κ1) is 17.1. The third kappa shape index (κ3) is 2.47. The number of hydrogen-bond acceptors (Lipinski definition) is 4.